The predicted octanol–water partition coefficient (Wildman–Crippen LogP) is 6.43. The molecule has 1 aromatic heterocycles. The summed E-state index contributed by atoms with van der Waals surface area (Å²) in [6.45, 7) is 8.40. The highest BCUT2D eigenvalue weighted by Crippen LogP contribution is 2.32. The smallest absolute Gasteiger partial charge is 0.374 e. The average Bonchev–Trinajstić information content (AvgIpc) is 2.89. The second-order valence-corrected chi connectivity index (χ2v) is 11.2. The van der Waals surface area contributed by atoms with E-state index in [9.17, 15) is 13.2 Å². The molecule has 2 aromatic carbocycles. The lowest BCUT2D eigenvalue weighted by Crippen LogP contribution is -2.45. The lowest BCUT2D eigenvalue weighted by molar-refractivity contribution is -0.137. The highest BCUT2D eigenvalue weighted by molar-refractivity contribution is 14.2. The summed E-state index contributed by atoms with van der Waals surface area (Å²) in [6.07, 6.45) is -0.754. The first-order valence-electron chi connectivity index (χ1n) is 12.1. The fourth-order valence-corrected chi connectivity index (χ4v) is 5.14. The van der Waals surface area contributed by atoms with Gasteiger partial charge in [0.1, 0.15) is 5.82 Å². The van der Waals surface area contributed by atoms with Crippen LogP contribution in [0, 0.1) is 16.4 Å². The molecule has 0 amide bonds. The van der Waals surface area contributed by atoms with E-state index >= 15 is 0 Å². The fraction of sp³-hybridized carbons (Fsp3) is 0.333. The Hall–Kier alpha value is -3.06. The number of alkyl halides is 3. The number of aryl methyl sites for hydroxylation is 1. The molecule has 2 N–H and O–H groups in total. The van der Waals surface area contributed by atoms with Crippen molar-refractivity contribution in [2.24, 2.45) is 11.0 Å². The van der Waals surface area contributed by atoms with Crippen molar-refractivity contribution in [3.63, 3.8) is 0 Å². The maximum absolute atomic E-state index is 13.0. The number of morpholine rings is 1. The summed E-state index contributed by atoms with van der Waals surface area (Å²) in [7, 11) is 0. The number of nitrogens with one attached hydrogen (secondary N) is 2. The first-order valence-corrected chi connectivity index (χ1v) is 14.7. The molecule has 202 valence electrons. The van der Waals surface area contributed by atoms with E-state index in [0.29, 0.717) is 29.8 Å². The number of nitrogens with zero attached hydrogens (tertiary/aromatic N) is 4. The molecule has 2 heterocycles. The van der Waals surface area contributed by atoms with Gasteiger partial charge in [0.2, 0.25) is 5.95 Å². The third-order valence-corrected chi connectivity index (χ3v) is 7.71. The van der Waals surface area contributed by atoms with Crippen LogP contribution in [-0.2, 0) is 10.9 Å². The van der Waals surface area contributed by atoms with Crippen LogP contribution in [0.5, 0.6) is 0 Å². The lowest BCUT2D eigenvalue weighted by atomic mass is 10.1. The van der Waals surface area contributed by atoms with E-state index in [1.807, 2.05) is 25.3 Å². The van der Waals surface area contributed by atoms with E-state index in [2.05, 4.69) is 44.1 Å². The topological polar surface area (TPSA) is 74.7 Å². The van der Waals surface area contributed by atoms with Gasteiger partial charge in [0, 0.05) is 30.7 Å². The molecule has 7 nitrogen and oxygen atoms in total. The van der Waals surface area contributed by atoms with Crippen LogP contribution < -0.4 is 15.6 Å². The molecule has 11 heteroatoms. The van der Waals surface area contributed by atoms with Crippen molar-refractivity contribution >= 4 is 54.6 Å². The summed E-state index contributed by atoms with van der Waals surface area (Å²) < 4.78 is 50.1. The molecule has 0 aliphatic carbocycles. The highest BCUT2D eigenvalue weighted by atomic mass is 127. The van der Waals surface area contributed by atoms with Crippen molar-refractivity contribution in [2.45, 2.75) is 33.1 Å². The minimum atomic E-state index is -4.39. The van der Waals surface area contributed by atoms with Crippen molar-refractivity contribution in [1.82, 2.24) is 9.97 Å². The summed E-state index contributed by atoms with van der Waals surface area (Å²) in [6, 6.07) is 10.6. The van der Waals surface area contributed by atoms with Gasteiger partial charge in [0.15, 0.2) is 0 Å². The first-order chi connectivity index (χ1) is 18.1. The Balaban J connectivity index is 1.44. The van der Waals surface area contributed by atoms with E-state index in [0.717, 1.165) is 45.7 Å². The molecule has 38 heavy (non-hydrogen) atoms. The van der Waals surface area contributed by atoms with Crippen LogP contribution in [0.2, 0.25) is 0 Å². The van der Waals surface area contributed by atoms with Gasteiger partial charge in [0.05, 0.1) is 28.1 Å². The highest BCUT2D eigenvalue weighted by Gasteiger charge is 2.30. The van der Waals surface area contributed by atoms with Crippen molar-refractivity contribution in [1.29, 1.82) is 0 Å². The lowest BCUT2D eigenvalue weighted by Gasteiger charge is -2.36. The van der Waals surface area contributed by atoms with E-state index < -0.39 is 32.5 Å². The van der Waals surface area contributed by atoms with Gasteiger partial charge in [-0.3, -0.25) is 0 Å². The van der Waals surface area contributed by atoms with Crippen LogP contribution >= 0.6 is 20.7 Å². The Morgan fingerprint density at radius 1 is 1.21 bits per heavy atom. The Bertz CT molecular complexity index is 1310. The van der Waals surface area contributed by atoms with Gasteiger partial charge in [-0.1, -0.05) is 51.2 Å². The number of aromatic nitrogens is 2. The Kier molecular flexibility index (Phi) is 8.98. The van der Waals surface area contributed by atoms with E-state index in [-0.39, 0.29) is 6.10 Å². The zero-order chi connectivity index (χ0) is 27.3. The van der Waals surface area contributed by atoms with Crippen molar-refractivity contribution in [2.75, 3.05) is 35.3 Å². The molecule has 1 aliphatic heterocycles. The van der Waals surface area contributed by atoms with Crippen LogP contribution in [0.15, 0.2) is 53.8 Å². The monoisotopic (exact) mass is 638 g/mol. The number of hydrogen-bond acceptors (Lipinski definition) is 7. The molecule has 1 unspecified atom stereocenters. The molecule has 0 spiro atoms. The molecular weight excluding hydrogens is 608 g/mol. The molecular formula is C27H30F3IN6O. The molecule has 1 atom stereocenters. The van der Waals surface area contributed by atoms with Gasteiger partial charge in [-0.15, -0.1) is 0 Å². The number of anilines is 4. The predicted molar refractivity (Wildman–Crippen MR) is 156 cm³/mol. The van der Waals surface area contributed by atoms with E-state index in [4.69, 9.17) is 9.72 Å². The normalized spacial score (nSPS) is 16.3. The third-order valence-electron chi connectivity index (χ3n) is 6.12. The van der Waals surface area contributed by atoms with Crippen LogP contribution in [0.1, 0.15) is 30.5 Å². The molecule has 0 bridgehead atoms. The van der Waals surface area contributed by atoms with Crippen LogP contribution in [0.3, 0.4) is 0 Å². The first kappa shape index (κ1) is 28.0. The van der Waals surface area contributed by atoms with Gasteiger partial charge < -0.3 is 15.0 Å². The van der Waals surface area contributed by atoms with Crippen molar-refractivity contribution in [3.8, 4) is 0 Å². The quantitative estimate of drug-likeness (QED) is 0.169. The maximum Gasteiger partial charge on any atom is 0.416 e. The summed E-state index contributed by atoms with van der Waals surface area (Å²) >= 11 is -0.453. The van der Waals surface area contributed by atoms with Crippen molar-refractivity contribution in [3.05, 3.63) is 68.9 Å². The Morgan fingerprint density at radius 2 is 2.00 bits per heavy atom. The van der Waals surface area contributed by atoms with Crippen LogP contribution in [0.25, 0.3) is 0 Å². The number of hydrogen-bond donors (Lipinski definition) is 2. The van der Waals surface area contributed by atoms with Crippen LogP contribution in [0.4, 0.5) is 36.3 Å². The zero-order valence-electron chi connectivity index (χ0n) is 21.4. The number of hydrazone groups is 1. The zero-order valence-corrected chi connectivity index (χ0v) is 23.5. The Labute approximate surface area is 230 Å². The number of benzene rings is 2. The summed E-state index contributed by atoms with van der Waals surface area (Å²) in [5, 5.41) is 7.34. The number of rotatable bonds is 8. The molecule has 1 saturated heterocycles. The second kappa shape index (κ2) is 12.2. The van der Waals surface area contributed by atoms with Gasteiger partial charge in [0.25, 0.3) is 0 Å². The molecule has 3 aromatic rings. The fourth-order valence-electron chi connectivity index (χ4n) is 4.00. The van der Waals surface area contributed by atoms with Crippen molar-refractivity contribution < 1.29 is 17.9 Å². The molecule has 1 aliphatic rings. The summed E-state index contributed by atoms with van der Waals surface area (Å²) in [5.41, 5.74) is 5.01. The third kappa shape index (κ3) is 7.07. The Morgan fingerprint density at radius 3 is 2.71 bits per heavy atom. The van der Waals surface area contributed by atoms with Gasteiger partial charge >= 0.3 is 6.18 Å². The summed E-state index contributed by atoms with van der Waals surface area (Å²) in [5.74, 6) is 1.69. The van der Waals surface area contributed by atoms with E-state index in [1.165, 1.54) is 6.07 Å². The minimum Gasteiger partial charge on any atom is -0.374 e. The molecule has 0 radical (unpaired) electrons. The maximum atomic E-state index is 13.0. The average molecular weight is 638 g/mol. The number of ether oxygens (including phenoxy) is 1. The second-order valence-electron chi connectivity index (χ2n) is 9.24. The number of halogens is 4. The van der Waals surface area contributed by atoms with Gasteiger partial charge in [-0.2, -0.15) is 23.3 Å². The largest absolute Gasteiger partial charge is 0.416 e. The molecule has 4 rings (SSSR count). The molecule has 0 saturated carbocycles. The standard InChI is InChI=1S/C27H30F3IN6O/c1-17(2)24-16-37(10-11-38-24)25-23(31-4)15-32-26(35-25)36-33-14-19-8-9-22(12-18(19)3)34-21-7-5-6-20(13-21)27(28,29)30/h5-9,12-15,17,24,34H,4,10-11,16H2,1-3H3,(H,32,35,36)/b33-14-. The SMILES string of the molecule is C=Ic1cnc(N/N=C\c2ccc(Nc3cccc(C(F)(F)F)c3)cc2C)nc1N1CCOC(C(C)C)C1. The minimum absolute atomic E-state index is 0.151. The van der Waals surface area contributed by atoms with E-state index in [1.54, 1.807) is 18.3 Å². The summed E-state index contributed by atoms with van der Waals surface area (Å²) in [4.78, 5) is 11.4. The van der Waals surface area contributed by atoms with Crippen LogP contribution in [-0.4, -0.2) is 46.5 Å². The van der Waals surface area contributed by atoms with Gasteiger partial charge in [-0.25, -0.2) is 10.4 Å². The van der Waals surface area contributed by atoms with Gasteiger partial charge in [-0.05, 0) is 54.3 Å². The molecule has 1 fully saturated rings.